The molecule has 0 spiro atoms. The van der Waals surface area contributed by atoms with Gasteiger partial charge in [0, 0.05) is 6.54 Å². The zero-order valence-electron chi connectivity index (χ0n) is 11.7. The standard InChI is InChI=1S/C15H25NO2/c1-12-7-6-8-14(13(12)2)18-10-5-4-9-15(3,17)11-16/h6-8,17H,4-5,9-11,16H2,1-3H3. The molecular weight excluding hydrogens is 226 g/mol. The molecule has 0 aliphatic heterocycles. The molecule has 3 heteroatoms. The Kier molecular flexibility index (Phi) is 5.63. The summed E-state index contributed by atoms with van der Waals surface area (Å²) >= 11 is 0. The normalized spacial score (nSPS) is 14.3. The Morgan fingerprint density at radius 3 is 2.67 bits per heavy atom. The molecule has 0 amide bonds. The molecule has 1 rings (SSSR count). The van der Waals surface area contributed by atoms with Gasteiger partial charge in [0.25, 0.3) is 0 Å². The van der Waals surface area contributed by atoms with Crippen LogP contribution in [0.15, 0.2) is 18.2 Å². The van der Waals surface area contributed by atoms with Crippen molar-refractivity contribution in [3.05, 3.63) is 29.3 Å². The van der Waals surface area contributed by atoms with Crippen molar-refractivity contribution in [3.8, 4) is 5.75 Å². The van der Waals surface area contributed by atoms with Gasteiger partial charge in [-0.2, -0.15) is 0 Å². The van der Waals surface area contributed by atoms with E-state index in [1.807, 2.05) is 12.1 Å². The lowest BCUT2D eigenvalue weighted by molar-refractivity contribution is 0.0562. The maximum Gasteiger partial charge on any atom is 0.122 e. The molecule has 102 valence electrons. The summed E-state index contributed by atoms with van der Waals surface area (Å²) in [6.07, 6.45) is 2.58. The molecule has 0 aliphatic rings. The van der Waals surface area contributed by atoms with E-state index in [1.165, 1.54) is 11.1 Å². The molecule has 1 aromatic carbocycles. The fourth-order valence-corrected chi connectivity index (χ4v) is 1.77. The number of hydrogen-bond acceptors (Lipinski definition) is 3. The highest BCUT2D eigenvalue weighted by Crippen LogP contribution is 2.21. The van der Waals surface area contributed by atoms with Gasteiger partial charge in [-0.1, -0.05) is 12.1 Å². The predicted molar refractivity (Wildman–Crippen MR) is 74.9 cm³/mol. The van der Waals surface area contributed by atoms with E-state index in [9.17, 15) is 5.11 Å². The Balaban J connectivity index is 2.28. The summed E-state index contributed by atoms with van der Waals surface area (Å²) in [5, 5.41) is 9.75. The molecule has 0 heterocycles. The van der Waals surface area contributed by atoms with E-state index in [1.54, 1.807) is 6.92 Å². The van der Waals surface area contributed by atoms with E-state index < -0.39 is 5.60 Å². The van der Waals surface area contributed by atoms with Crippen LogP contribution in [0.4, 0.5) is 0 Å². The van der Waals surface area contributed by atoms with Crippen molar-refractivity contribution in [2.45, 2.75) is 45.6 Å². The van der Waals surface area contributed by atoms with Crippen LogP contribution in [0.25, 0.3) is 0 Å². The highest BCUT2D eigenvalue weighted by Gasteiger charge is 2.16. The van der Waals surface area contributed by atoms with E-state index in [0.29, 0.717) is 13.2 Å². The van der Waals surface area contributed by atoms with E-state index in [0.717, 1.165) is 25.0 Å². The summed E-state index contributed by atoms with van der Waals surface area (Å²) in [5.74, 6) is 0.959. The number of ether oxygens (including phenoxy) is 1. The first-order valence-corrected chi connectivity index (χ1v) is 6.58. The van der Waals surface area contributed by atoms with Crippen molar-refractivity contribution in [1.29, 1.82) is 0 Å². The van der Waals surface area contributed by atoms with Crippen molar-refractivity contribution in [2.75, 3.05) is 13.2 Å². The number of benzene rings is 1. The Bertz CT molecular complexity index is 375. The van der Waals surface area contributed by atoms with Crippen LogP contribution < -0.4 is 10.5 Å². The van der Waals surface area contributed by atoms with E-state index in [2.05, 4.69) is 19.9 Å². The maximum atomic E-state index is 9.75. The second kappa shape index (κ2) is 6.76. The third-order valence-electron chi connectivity index (χ3n) is 3.36. The van der Waals surface area contributed by atoms with E-state index in [4.69, 9.17) is 10.5 Å². The molecule has 3 nitrogen and oxygen atoms in total. The first-order valence-electron chi connectivity index (χ1n) is 6.58. The van der Waals surface area contributed by atoms with Gasteiger partial charge in [-0.3, -0.25) is 0 Å². The van der Waals surface area contributed by atoms with Crippen LogP contribution >= 0.6 is 0 Å². The molecule has 0 aliphatic carbocycles. The van der Waals surface area contributed by atoms with Gasteiger partial charge in [0.2, 0.25) is 0 Å². The molecule has 18 heavy (non-hydrogen) atoms. The van der Waals surface area contributed by atoms with Crippen LogP contribution in [0.2, 0.25) is 0 Å². The number of unbranched alkanes of at least 4 members (excludes halogenated alkanes) is 1. The van der Waals surface area contributed by atoms with E-state index in [-0.39, 0.29) is 0 Å². The highest BCUT2D eigenvalue weighted by molar-refractivity contribution is 5.38. The summed E-state index contributed by atoms with van der Waals surface area (Å²) in [6.45, 7) is 6.93. The van der Waals surface area contributed by atoms with Gasteiger partial charge in [0.05, 0.1) is 12.2 Å². The maximum absolute atomic E-state index is 9.75. The van der Waals surface area contributed by atoms with Crippen LogP contribution in [0, 0.1) is 13.8 Å². The number of rotatable bonds is 7. The van der Waals surface area contributed by atoms with Crippen LogP contribution in [-0.4, -0.2) is 23.9 Å². The van der Waals surface area contributed by atoms with Crippen molar-refractivity contribution >= 4 is 0 Å². The molecular formula is C15H25NO2. The molecule has 0 saturated heterocycles. The number of aryl methyl sites for hydroxylation is 1. The number of aliphatic hydroxyl groups is 1. The SMILES string of the molecule is Cc1cccc(OCCCCC(C)(O)CN)c1C. The first-order chi connectivity index (χ1) is 8.46. The van der Waals surface area contributed by atoms with E-state index >= 15 is 0 Å². The monoisotopic (exact) mass is 251 g/mol. The fraction of sp³-hybridized carbons (Fsp3) is 0.600. The minimum Gasteiger partial charge on any atom is -0.493 e. The molecule has 1 unspecified atom stereocenters. The Morgan fingerprint density at radius 2 is 2.00 bits per heavy atom. The van der Waals surface area contributed by atoms with Gasteiger partial charge >= 0.3 is 0 Å². The molecule has 0 radical (unpaired) electrons. The van der Waals surface area contributed by atoms with Gasteiger partial charge in [0.15, 0.2) is 0 Å². The minimum absolute atomic E-state index is 0.310. The topological polar surface area (TPSA) is 55.5 Å². The Labute approximate surface area is 110 Å². The highest BCUT2D eigenvalue weighted by atomic mass is 16.5. The van der Waals surface area contributed by atoms with Gasteiger partial charge in [-0.05, 0) is 57.2 Å². The second-order valence-corrected chi connectivity index (χ2v) is 5.20. The summed E-state index contributed by atoms with van der Waals surface area (Å²) in [5.41, 5.74) is 7.18. The average molecular weight is 251 g/mol. The first kappa shape index (κ1) is 15.0. The van der Waals surface area contributed by atoms with Crippen molar-refractivity contribution in [2.24, 2.45) is 5.73 Å². The third-order valence-corrected chi connectivity index (χ3v) is 3.36. The summed E-state index contributed by atoms with van der Waals surface area (Å²) in [6, 6.07) is 6.09. The molecule has 1 atom stereocenters. The molecule has 0 fully saturated rings. The zero-order chi connectivity index (χ0) is 13.6. The van der Waals surface area contributed by atoms with Gasteiger partial charge in [-0.25, -0.2) is 0 Å². The van der Waals surface area contributed by atoms with Crippen LogP contribution in [0.5, 0.6) is 5.75 Å². The third kappa shape index (κ3) is 4.67. The molecule has 0 bridgehead atoms. The lowest BCUT2D eigenvalue weighted by atomic mass is 10.00. The smallest absolute Gasteiger partial charge is 0.122 e. The second-order valence-electron chi connectivity index (χ2n) is 5.20. The number of hydrogen-bond donors (Lipinski definition) is 2. The summed E-state index contributed by atoms with van der Waals surface area (Å²) in [4.78, 5) is 0. The lowest BCUT2D eigenvalue weighted by Crippen LogP contribution is -2.33. The van der Waals surface area contributed by atoms with Gasteiger partial charge in [-0.15, -0.1) is 0 Å². The summed E-state index contributed by atoms with van der Waals surface area (Å²) < 4.78 is 5.75. The average Bonchev–Trinajstić information content (AvgIpc) is 2.34. The zero-order valence-corrected chi connectivity index (χ0v) is 11.7. The number of nitrogens with two attached hydrogens (primary N) is 1. The van der Waals surface area contributed by atoms with Crippen molar-refractivity contribution in [1.82, 2.24) is 0 Å². The molecule has 0 saturated carbocycles. The molecule has 3 N–H and O–H groups in total. The van der Waals surface area contributed by atoms with Crippen LogP contribution in [-0.2, 0) is 0 Å². The summed E-state index contributed by atoms with van der Waals surface area (Å²) in [7, 11) is 0. The van der Waals surface area contributed by atoms with Gasteiger partial charge in [0.1, 0.15) is 5.75 Å². The van der Waals surface area contributed by atoms with Crippen molar-refractivity contribution in [3.63, 3.8) is 0 Å². The Morgan fingerprint density at radius 1 is 1.28 bits per heavy atom. The molecule has 0 aromatic heterocycles. The fourth-order valence-electron chi connectivity index (χ4n) is 1.77. The van der Waals surface area contributed by atoms with Crippen molar-refractivity contribution < 1.29 is 9.84 Å². The van der Waals surface area contributed by atoms with Gasteiger partial charge < -0.3 is 15.6 Å². The lowest BCUT2D eigenvalue weighted by Gasteiger charge is -2.20. The predicted octanol–water partition coefficient (Wildman–Crippen LogP) is 2.56. The van der Waals surface area contributed by atoms with Crippen LogP contribution in [0.1, 0.15) is 37.3 Å². The quantitative estimate of drug-likeness (QED) is 0.732. The largest absolute Gasteiger partial charge is 0.493 e. The minimum atomic E-state index is -0.737. The molecule has 1 aromatic rings. The Hall–Kier alpha value is -1.06. The van der Waals surface area contributed by atoms with Crippen LogP contribution in [0.3, 0.4) is 0 Å².